The zero-order valence-electron chi connectivity index (χ0n) is 15.5. The highest BCUT2D eigenvalue weighted by atomic mass is 79.9. The summed E-state index contributed by atoms with van der Waals surface area (Å²) in [5.41, 5.74) is -1.14. The van der Waals surface area contributed by atoms with Gasteiger partial charge in [-0.2, -0.15) is 13.2 Å². The van der Waals surface area contributed by atoms with Crippen LogP contribution in [0.1, 0.15) is 15.9 Å². The summed E-state index contributed by atoms with van der Waals surface area (Å²) >= 11 is 10.1. The molecule has 164 valence electrons. The van der Waals surface area contributed by atoms with E-state index >= 15 is 0 Å². The zero-order chi connectivity index (χ0) is 23.0. The average molecular weight is 555 g/mol. The van der Waals surface area contributed by atoms with Crippen LogP contribution in [-0.2, 0) is 20.9 Å². The number of carbonyl (C=O) groups is 1. The summed E-state index contributed by atoms with van der Waals surface area (Å²) in [6.45, 7) is 0. The molecule has 0 aliphatic heterocycles. The van der Waals surface area contributed by atoms with Crippen LogP contribution in [0.15, 0.2) is 57.9 Å². The largest absolute Gasteiger partial charge is 0.465 e. The van der Waals surface area contributed by atoms with Crippen LogP contribution in [0, 0.1) is 0 Å². The monoisotopic (exact) mass is 553 g/mol. The van der Waals surface area contributed by atoms with E-state index in [1.54, 1.807) is 12.1 Å². The first-order chi connectivity index (χ1) is 14.4. The number of alkyl halides is 3. The highest BCUT2D eigenvalue weighted by Gasteiger charge is 2.32. The fourth-order valence-corrected chi connectivity index (χ4v) is 5.78. The van der Waals surface area contributed by atoms with Gasteiger partial charge in [0.15, 0.2) is 0 Å². The summed E-state index contributed by atoms with van der Waals surface area (Å²) in [5.74, 6) is -0.767. The second-order valence-electron chi connectivity index (χ2n) is 6.10. The number of ether oxygens (including phenoxy) is 1. The molecular formula is C19H12BrClF3NO4S2. The molecule has 0 saturated heterocycles. The number of thiophene rings is 1. The van der Waals surface area contributed by atoms with E-state index in [-0.39, 0.29) is 26.2 Å². The third-order valence-electron chi connectivity index (χ3n) is 4.07. The summed E-state index contributed by atoms with van der Waals surface area (Å²) in [5, 5.41) is 0. The number of benzene rings is 2. The van der Waals surface area contributed by atoms with Gasteiger partial charge < -0.3 is 4.74 Å². The number of rotatable bonds is 5. The van der Waals surface area contributed by atoms with E-state index in [1.807, 2.05) is 0 Å². The van der Waals surface area contributed by atoms with E-state index < -0.39 is 27.7 Å². The minimum absolute atomic E-state index is 0.0413. The highest BCUT2D eigenvalue weighted by Crippen LogP contribution is 2.40. The lowest BCUT2D eigenvalue weighted by Gasteiger charge is -2.16. The first-order valence-electron chi connectivity index (χ1n) is 8.30. The Morgan fingerprint density at radius 3 is 2.42 bits per heavy atom. The third kappa shape index (κ3) is 5.22. The van der Waals surface area contributed by atoms with E-state index in [1.165, 1.54) is 18.2 Å². The van der Waals surface area contributed by atoms with Crippen molar-refractivity contribution in [1.82, 2.24) is 0 Å². The molecule has 1 heterocycles. The highest BCUT2D eigenvalue weighted by molar-refractivity contribution is 9.10. The van der Waals surface area contributed by atoms with Crippen LogP contribution in [0.4, 0.5) is 18.9 Å². The van der Waals surface area contributed by atoms with E-state index in [0.717, 1.165) is 30.6 Å². The maximum Gasteiger partial charge on any atom is 0.416 e. The van der Waals surface area contributed by atoms with Crippen LogP contribution in [0.2, 0.25) is 4.34 Å². The average Bonchev–Trinajstić information content (AvgIpc) is 3.12. The molecule has 0 aliphatic rings. The predicted molar refractivity (Wildman–Crippen MR) is 116 cm³/mol. The Hall–Kier alpha value is -2.08. The molecule has 3 aromatic rings. The van der Waals surface area contributed by atoms with Gasteiger partial charge in [0.2, 0.25) is 0 Å². The fraction of sp³-hybridized carbons (Fsp3) is 0.105. The lowest BCUT2D eigenvalue weighted by atomic mass is 10.1. The van der Waals surface area contributed by atoms with Crippen LogP contribution in [0.25, 0.3) is 10.4 Å². The van der Waals surface area contributed by atoms with Crippen molar-refractivity contribution < 1.29 is 31.1 Å². The van der Waals surface area contributed by atoms with Crippen LogP contribution >= 0.6 is 38.9 Å². The normalized spacial score (nSPS) is 11.9. The van der Waals surface area contributed by atoms with Gasteiger partial charge in [0, 0.05) is 14.9 Å². The summed E-state index contributed by atoms with van der Waals surface area (Å²) in [4.78, 5) is 11.9. The lowest BCUT2D eigenvalue weighted by molar-refractivity contribution is -0.137. The van der Waals surface area contributed by atoms with Gasteiger partial charge in [0.25, 0.3) is 10.0 Å². The number of anilines is 1. The Morgan fingerprint density at radius 2 is 1.84 bits per heavy atom. The molecule has 3 rings (SSSR count). The standard InChI is InChI=1S/C19H12BrClF3NO4S2/c1-29-18(26)10-2-5-13(20)16(8-10)31(27,28)25-14-9-11(19(22,23)24)3-4-12(14)15-6-7-17(21)30-15/h2-9,25H,1H3. The van der Waals surface area contributed by atoms with Gasteiger partial charge in [-0.25, -0.2) is 13.2 Å². The first kappa shape index (κ1) is 23.6. The molecule has 0 spiro atoms. The predicted octanol–water partition coefficient (Wildman–Crippen LogP) is 6.44. The van der Waals surface area contributed by atoms with Gasteiger partial charge >= 0.3 is 12.1 Å². The van der Waals surface area contributed by atoms with Gasteiger partial charge in [-0.05, 0) is 58.4 Å². The number of carbonyl (C=O) groups excluding carboxylic acids is 1. The van der Waals surface area contributed by atoms with Crippen LogP contribution in [0.3, 0.4) is 0 Å². The maximum atomic E-state index is 13.3. The van der Waals surface area contributed by atoms with Crippen molar-refractivity contribution in [3.8, 4) is 10.4 Å². The van der Waals surface area contributed by atoms with Gasteiger partial charge in [-0.15, -0.1) is 11.3 Å². The number of nitrogens with one attached hydrogen (secondary N) is 1. The quantitative estimate of drug-likeness (QED) is 0.369. The van der Waals surface area contributed by atoms with Crippen molar-refractivity contribution in [3.63, 3.8) is 0 Å². The molecule has 0 fully saturated rings. The number of halogens is 5. The third-order valence-corrected chi connectivity index (χ3v) is 7.70. The summed E-state index contributed by atoms with van der Waals surface area (Å²) in [6, 6.07) is 9.59. The molecule has 5 nitrogen and oxygen atoms in total. The molecule has 0 amide bonds. The van der Waals surface area contributed by atoms with E-state index in [0.29, 0.717) is 15.3 Å². The number of hydrogen-bond donors (Lipinski definition) is 1. The van der Waals surface area contributed by atoms with Crippen LogP contribution < -0.4 is 4.72 Å². The maximum absolute atomic E-state index is 13.3. The Morgan fingerprint density at radius 1 is 1.13 bits per heavy atom. The van der Waals surface area contributed by atoms with Gasteiger partial charge in [-0.1, -0.05) is 17.7 Å². The Balaban J connectivity index is 2.13. The minimum atomic E-state index is -4.68. The van der Waals surface area contributed by atoms with Crippen molar-refractivity contribution >= 4 is 60.5 Å². The van der Waals surface area contributed by atoms with Crippen molar-refractivity contribution in [2.24, 2.45) is 0 Å². The Bertz CT molecular complexity index is 1260. The molecule has 31 heavy (non-hydrogen) atoms. The van der Waals surface area contributed by atoms with E-state index in [9.17, 15) is 26.4 Å². The first-order valence-corrected chi connectivity index (χ1v) is 11.8. The van der Waals surface area contributed by atoms with Crippen molar-refractivity contribution in [3.05, 3.63) is 68.5 Å². The molecule has 0 atom stereocenters. The topological polar surface area (TPSA) is 72.5 Å². The Labute approximate surface area is 193 Å². The van der Waals surface area contributed by atoms with Crippen molar-refractivity contribution in [2.75, 3.05) is 11.8 Å². The minimum Gasteiger partial charge on any atom is -0.465 e. The smallest absolute Gasteiger partial charge is 0.416 e. The van der Waals surface area contributed by atoms with E-state index in [2.05, 4.69) is 25.4 Å². The fourth-order valence-electron chi connectivity index (χ4n) is 2.63. The summed E-state index contributed by atoms with van der Waals surface area (Å²) in [6.07, 6.45) is -4.68. The molecule has 1 aromatic heterocycles. The molecule has 0 unspecified atom stereocenters. The molecule has 0 radical (unpaired) electrons. The van der Waals surface area contributed by atoms with Crippen molar-refractivity contribution in [1.29, 1.82) is 0 Å². The second kappa shape index (κ2) is 8.81. The Kier molecular flexibility index (Phi) is 6.70. The van der Waals surface area contributed by atoms with E-state index in [4.69, 9.17) is 11.6 Å². The molecular weight excluding hydrogens is 543 g/mol. The van der Waals surface area contributed by atoms with Crippen molar-refractivity contribution in [2.45, 2.75) is 11.1 Å². The lowest BCUT2D eigenvalue weighted by Crippen LogP contribution is -2.16. The number of esters is 1. The van der Waals surface area contributed by atoms with Gasteiger partial charge in [0.05, 0.1) is 28.3 Å². The molecule has 1 N–H and O–H groups in total. The van der Waals surface area contributed by atoms with Crippen LogP contribution in [0.5, 0.6) is 0 Å². The number of methoxy groups -OCH3 is 1. The zero-order valence-corrected chi connectivity index (χ0v) is 19.4. The molecule has 0 bridgehead atoms. The SMILES string of the molecule is COC(=O)c1ccc(Br)c(S(=O)(=O)Nc2cc(C(F)(F)F)ccc2-c2ccc(Cl)s2)c1. The van der Waals surface area contributed by atoms with Crippen LogP contribution in [-0.4, -0.2) is 21.5 Å². The van der Waals surface area contributed by atoms with Gasteiger partial charge in [-0.3, -0.25) is 4.72 Å². The molecule has 2 aromatic carbocycles. The molecule has 0 aliphatic carbocycles. The van der Waals surface area contributed by atoms with Gasteiger partial charge in [0.1, 0.15) is 4.90 Å². The summed E-state index contributed by atoms with van der Waals surface area (Å²) in [7, 11) is -3.26. The number of hydrogen-bond acceptors (Lipinski definition) is 5. The molecule has 0 saturated carbocycles. The molecule has 12 heteroatoms. The second-order valence-corrected chi connectivity index (χ2v) is 10.3. The summed E-state index contributed by atoms with van der Waals surface area (Å²) < 4.78 is 73.1. The number of sulfonamides is 1.